The highest BCUT2D eigenvalue weighted by Crippen LogP contribution is 2.43. The normalized spacial score (nSPS) is 23.1. The maximum atomic E-state index is 11.2. The van der Waals surface area contributed by atoms with Crippen molar-refractivity contribution >= 4 is 28.3 Å². The van der Waals surface area contributed by atoms with Gasteiger partial charge in [-0.1, -0.05) is 0 Å². The Morgan fingerprint density at radius 3 is 2.59 bits per heavy atom. The van der Waals surface area contributed by atoms with E-state index in [2.05, 4.69) is 0 Å². The largest absolute Gasteiger partial charge is 0.481 e. The van der Waals surface area contributed by atoms with Crippen LogP contribution in [0.5, 0.6) is 0 Å². The molecule has 1 aliphatic carbocycles. The highest BCUT2D eigenvalue weighted by molar-refractivity contribution is 7.16. The number of carbonyl (C=O) groups is 2. The molecule has 6 heteroatoms. The van der Waals surface area contributed by atoms with Crippen molar-refractivity contribution in [1.29, 1.82) is 0 Å². The third-order valence-electron chi connectivity index (χ3n) is 3.33. The van der Waals surface area contributed by atoms with Crippen molar-refractivity contribution < 1.29 is 19.8 Å². The van der Waals surface area contributed by atoms with Crippen LogP contribution in [0.1, 0.15) is 34.1 Å². The summed E-state index contributed by atoms with van der Waals surface area (Å²) in [6.45, 7) is 1.69. The Hall–Kier alpha value is -1.56. The summed E-state index contributed by atoms with van der Waals surface area (Å²) in [5.41, 5.74) is 5.76. The van der Waals surface area contributed by atoms with Gasteiger partial charge in [-0.3, -0.25) is 4.79 Å². The monoisotopic (exact) mass is 255 g/mol. The Bertz CT molecular complexity index is 508. The molecule has 0 spiro atoms. The molecule has 1 heterocycles. The van der Waals surface area contributed by atoms with Crippen LogP contribution in [-0.2, 0) is 17.6 Å². The average molecular weight is 255 g/mol. The molecule has 0 radical (unpaired) electrons. The Kier molecular flexibility index (Phi) is 2.61. The van der Waals surface area contributed by atoms with Crippen molar-refractivity contribution in [2.45, 2.75) is 26.2 Å². The van der Waals surface area contributed by atoms with Crippen molar-refractivity contribution in [3.63, 3.8) is 0 Å². The number of aromatic carboxylic acids is 1. The van der Waals surface area contributed by atoms with E-state index < -0.39 is 17.4 Å². The van der Waals surface area contributed by atoms with Crippen LogP contribution >= 0.6 is 11.3 Å². The lowest BCUT2D eigenvalue weighted by atomic mass is 9.75. The number of aliphatic carboxylic acids is 1. The Morgan fingerprint density at radius 1 is 1.41 bits per heavy atom. The number of fused-ring (bicyclic) bond motifs is 1. The minimum absolute atomic E-state index is 0.164. The molecule has 1 aromatic rings. The Labute approximate surface area is 102 Å². The van der Waals surface area contributed by atoms with Gasteiger partial charge in [-0.05, 0) is 31.7 Å². The summed E-state index contributed by atoms with van der Waals surface area (Å²) in [5.74, 6) is -1.87. The molecule has 1 atom stereocenters. The fourth-order valence-corrected chi connectivity index (χ4v) is 3.50. The maximum absolute atomic E-state index is 11.2. The van der Waals surface area contributed by atoms with Gasteiger partial charge in [0.1, 0.15) is 5.00 Å². The molecule has 1 aromatic heterocycles. The lowest BCUT2D eigenvalue weighted by Crippen LogP contribution is -2.33. The van der Waals surface area contributed by atoms with Gasteiger partial charge < -0.3 is 15.9 Å². The zero-order chi connectivity index (χ0) is 12.8. The van der Waals surface area contributed by atoms with Gasteiger partial charge in [0.15, 0.2) is 0 Å². The topological polar surface area (TPSA) is 101 Å². The third kappa shape index (κ3) is 1.78. The second kappa shape index (κ2) is 3.73. The highest BCUT2D eigenvalue weighted by Gasteiger charge is 2.39. The van der Waals surface area contributed by atoms with Gasteiger partial charge in [0, 0.05) is 4.88 Å². The van der Waals surface area contributed by atoms with Crippen molar-refractivity contribution in [1.82, 2.24) is 0 Å². The van der Waals surface area contributed by atoms with Crippen molar-refractivity contribution in [2.24, 2.45) is 5.41 Å². The number of nitrogens with two attached hydrogens (primary N) is 1. The van der Waals surface area contributed by atoms with Crippen LogP contribution in [0.4, 0.5) is 5.00 Å². The fourth-order valence-electron chi connectivity index (χ4n) is 2.20. The van der Waals surface area contributed by atoms with E-state index in [1.807, 2.05) is 0 Å². The van der Waals surface area contributed by atoms with Gasteiger partial charge in [0.2, 0.25) is 0 Å². The molecule has 4 N–H and O–H groups in total. The summed E-state index contributed by atoms with van der Waals surface area (Å²) >= 11 is 1.20. The summed E-state index contributed by atoms with van der Waals surface area (Å²) in [4.78, 5) is 23.0. The number of carboxylic acid groups (broad SMARTS) is 2. The highest BCUT2D eigenvalue weighted by atomic mass is 32.1. The van der Waals surface area contributed by atoms with Crippen molar-refractivity contribution in [3.8, 4) is 0 Å². The molecule has 0 saturated heterocycles. The molecule has 17 heavy (non-hydrogen) atoms. The van der Waals surface area contributed by atoms with Crippen LogP contribution in [0.25, 0.3) is 0 Å². The van der Waals surface area contributed by atoms with E-state index in [-0.39, 0.29) is 10.6 Å². The number of anilines is 1. The first-order valence-electron chi connectivity index (χ1n) is 5.22. The van der Waals surface area contributed by atoms with E-state index in [1.54, 1.807) is 6.92 Å². The van der Waals surface area contributed by atoms with Crippen LogP contribution in [-0.4, -0.2) is 22.2 Å². The van der Waals surface area contributed by atoms with Crippen LogP contribution in [0.3, 0.4) is 0 Å². The standard InChI is InChI=1S/C11H13NO4S/c1-11(10(15)16)3-2-5-6(4-11)17-8(12)7(5)9(13)14/h2-4,12H2,1H3,(H,13,14)(H,15,16). The van der Waals surface area contributed by atoms with Gasteiger partial charge in [0.05, 0.1) is 11.0 Å². The predicted molar refractivity (Wildman–Crippen MR) is 63.5 cm³/mol. The van der Waals surface area contributed by atoms with Crippen LogP contribution < -0.4 is 5.73 Å². The molecule has 0 saturated carbocycles. The van der Waals surface area contributed by atoms with Gasteiger partial charge in [0.25, 0.3) is 0 Å². The van der Waals surface area contributed by atoms with E-state index in [0.717, 1.165) is 10.4 Å². The molecule has 0 aromatic carbocycles. The van der Waals surface area contributed by atoms with E-state index >= 15 is 0 Å². The smallest absolute Gasteiger partial charge is 0.338 e. The number of rotatable bonds is 2. The first kappa shape index (κ1) is 11.9. The molecule has 1 unspecified atom stereocenters. The molecule has 0 aliphatic heterocycles. The van der Waals surface area contributed by atoms with E-state index in [1.165, 1.54) is 11.3 Å². The second-order valence-corrected chi connectivity index (χ2v) is 5.73. The Morgan fingerprint density at radius 2 is 2.06 bits per heavy atom. The number of hydrogen-bond acceptors (Lipinski definition) is 4. The molecule has 0 fully saturated rings. The quantitative estimate of drug-likeness (QED) is 0.745. The minimum atomic E-state index is -1.03. The SMILES string of the molecule is CC1(C(=O)O)CCc2c(sc(N)c2C(=O)O)C1. The van der Waals surface area contributed by atoms with Crippen molar-refractivity contribution in [2.75, 3.05) is 5.73 Å². The molecule has 92 valence electrons. The summed E-state index contributed by atoms with van der Waals surface area (Å²) in [5, 5.41) is 18.5. The summed E-state index contributed by atoms with van der Waals surface area (Å²) in [6.07, 6.45) is 1.28. The first-order chi connectivity index (χ1) is 7.85. The average Bonchev–Trinajstić information content (AvgIpc) is 2.52. The van der Waals surface area contributed by atoms with Gasteiger partial charge in [-0.25, -0.2) is 4.79 Å². The summed E-state index contributed by atoms with van der Waals surface area (Å²) < 4.78 is 0. The van der Waals surface area contributed by atoms with E-state index in [9.17, 15) is 9.59 Å². The lowest BCUT2D eigenvalue weighted by molar-refractivity contribution is -0.148. The summed E-state index contributed by atoms with van der Waals surface area (Å²) in [7, 11) is 0. The number of nitrogen functional groups attached to an aromatic ring is 1. The van der Waals surface area contributed by atoms with Crippen LogP contribution in [0.15, 0.2) is 0 Å². The molecule has 5 nitrogen and oxygen atoms in total. The zero-order valence-electron chi connectivity index (χ0n) is 9.32. The predicted octanol–water partition coefficient (Wildman–Crippen LogP) is 1.61. The molecular weight excluding hydrogens is 242 g/mol. The van der Waals surface area contributed by atoms with Crippen LogP contribution in [0.2, 0.25) is 0 Å². The number of thiophene rings is 1. The zero-order valence-corrected chi connectivity index (χ0v) is 10.1. The number of hydrogen-bond donors (Lipinski definition) is 3. The van der Waals surface area contributed by atoms with E-state index in [0.29, 0.717) is 19.3 Å². The second-order valence-electron chi connectivity index (χ2n) is 4.59. The van der Waals surface area contributed by atoms with Crippen LogP contribution in [0, 0.1) is 5.41 Å². The lowest BCUT2D eigenvalue weighted by Gasteiger charge is -2.29. The third-order valence-corrected chi connectivity index (χ3v) is 4.39. The summed E-state index contributed by atoms with van der Waals surface area (Å²) in [6, 6.07) is 0. The molecule has 2 rings (SSSR count). The Balaban J connectivity index is 2.45. The van der Waals surface area contributed by atoms with E-state index in [4.69, 9.17) is 15.9 Å². The molecule has 0 bridgehead atoms. The molecule has 1 aliphatic rings. The number of carboxylic acids is 2. The van der Waals surface area contributed by atoms with Gasteiger partial charge in [-0.15, -0.1) is 11.3 Å². The van der Waals surface area contributed by atoms with Gasteiger partial charge >= 0.3 is 11.9 Å². The first-order valence-corrected chi connectivity index (χ1v) is 6.03. The maximum Gasteiger partial charge on any atom is 0.338 e. The van der Waals surface area contributed by atoms with Crippen molar-refractivity contribution in [3.05, 3.63) is 16.0 Å². The molecule has 0 amide bonds. The fraction of sp³-hybridized carbons (Fsp3) is 0.455. The van der Waals surface area contributed by atoms with Gasteiger partial charge in [-0.2, -0.15) is 0 Å². The molecular formula is C11H13NO4S. The minimum Gasteiger partial charge on any atom is -0.481 e.